The Labute approximate surface area is 97.0 Å². The number of hydrogen-bond acceptors (Lipinski definition) is 5. The summed E-state index contributed by atoms with van der Waals surface area (Å²) in [6.07, 6.45) is 8.14. The molecule has 0 aliphatic heterocycles. The third-order valence-electron chi connectivity index (χ3n) is 2.17. The van der Waals surface area contributed by atoms with Crippen molar-refractivity contribution in [2.24, 2.45) is 0 Å². The zero-order chi connectivity index (χ0) is 11.5. The molecule has 0 N–H and O–H groups in total. The lowest BCUT2D eigenvalue weighted by Gasteiger charge is -1.96. The van der Waals surface area contributed by atoms with E-state index in [2.05, 4.69) is 25.0 Å². The number of rotatable bonds is 2. The van der Waals surface area contributed by atoms with Gasteiger partial charge in [0.1, 0.15) is 12.0 Å². The van der Waals surface area contributed by atoms with Gasteiger partial charge in [-0.25, -0.2) is 14.6 Å². The summed E-state index contributed by atoms with van der Waals surface area (Å²) in [5.41, 5.74) is 0.732. The average Bonchev–Trinajstić information content (AvgIpc) is 2.90. The summed E-state index contributed by atoms with van der Waals surface area (Å²) in [6, 6.07) is 5.60. The standard InChI is InChI=1S/C11H8N6/c1-2-4-13-9(3-1)11-15-8-17(16-11)10-7-12-5-6-14-10/h1-8H. The Hall–Kier alpha value is -2.63. The maximum atomic E-state index is 4.29. The van der Waals surface area contributed by atoms with Gasteiger partial charge in [-0.05, 0) is 12.1 Å². The van der Waals surface area contributed by atoms with Gasteiger partial charge < -0.3 is 0 Å². The molecule has 0 aromatic carbocycles. The van der Waals surface area contributed by atoms with Crippen LogP contribution in [0.4, 0.5) is 0 Å². The molecule has 3 aromatic rings. The van der Waals surface area contributed by atoms with Gasteiger partial charge in [-0.2, -0.15) is 0 Å². The fraction of sp³-hybridized carbons (Fsp3) is 0. The van der Waals surface area contributed by atoms with Crippen molar-refractivity contribution in [3.05, 3.63) is 49.3 Å². The quantitative estimate of drug-likeness (QED) is 0.652. The highest BCUT2D eigenvalue weighted by Gasteiger charge is 2.06. The summed E-state index contributed by atoms with van der Waals surface area (Å²) in [5, 5.41) is 4.29. The second-order valence-corrected chi connectivity index (χ2v) is 3.29. The fourth-order valence-electron chi connectivity index (χ4n) is 1.40. The van der Waals surface area contributed by atoms with Gasteiger partial charge in [0.25, 0.3) is 0 Å². The van der Waals surface area contributed by atoms with Gasteiger partial charge in [-0.1, -0.05) is 6.07 Å². The van der Waals surface area contributed by atoms with Gasteiger partial charge in [0, 0.05) is 18.6 Å². The van der Waals surface area contributed by atoms with E-state index in [0.29, 0.717) is 11.6 Å². The van der Waals surface area contributed by atoms with E-state index < -0.39 is 0 Å². The van der Waals surface area contributed by atoms with Gasteiger partial charge in [0.2, 0.25) is 0 Å². The second-order valence-electron chi connectivity index (χ2n) is 3.29. The van der Waals surface area contributed by atoms with Gasteiger partial charge in [0.15, 0.2) is 11.6 Å². The maximum Gasteiger partial charge on any atom is 0.200 e. The number of pyridine rings is 1. The van der Waals surface area contributed by atoms with Crippen LogP contribution in [-0.4, -0.2) is 29.7 Å². The Bertz CT molecular complexity index is 550. The Morgan fingerprint density at radius 2 is 1.94 bits per heavy atom. The monoisotopic (exact) mass is 224 g/mol. The highest BCUT2D eigenvalue weighted by Crippen LogP contribution is 2.10. The van der Waals surface area contributed by atoms with Crippen molar-refractivity contribution in [2.75, 3.05) is 0 Å². The molecule has 17 heavy (non-hydrogen) atoms. The smallest absolute Gasteiger partial charge is 0.200 e. The Balaban J connectivity index is 1.99. The molecule has 0 saturated heterocycles. The minimum Gasteiger partial charge on any atom is -0.259 e. The number of nitrogens with zero attached hydrogens (tertiary/aromatic N) is 6. The molecule has 6 nitrogen and oxygen atoms in total. The summed E-state index contributed by atoms with van der Waals surface area (Å²) < 4.78 is 1.57. The third-order valence-corrected chi connectivity index (χ3v) is 2.17. The molecule has 6 heteroatoms. The van der Waals surface area contributed by atoms with Crippen molar-refractivity contribution in [1.29, 1.82) is 0 Å². The molecule has 0 bridgehead atoms. The number of aromatic nitrogens is 6. The predicted molar refractivity (Wildman–Crippen MR) is 60.2 cm³/mol. The zero-order valence-electron chi connectivity index (χ0n) is 8.80. The third kappa shape index (κ3) is 1.87. The van der Waals surface area contributed by atoms with Crippen LogP contribution in [-0.2, 0) is 0 Å². The summed E-state index contributed by atoms with van der Waals surface area (Å²) in [4.78, 5) is 16.5. The SMILES string of the molecule is c1ccc(-c2ncn(-c3cnccn3)n2)nc1. The van der Waals surface area contributed by atoms with E-state index >= 15 is 0 Å². The van der Waals surface area contributed by atoms with Crippen LogP contribution in [0.25, 0.3) is 17.3 Å². The van der Waals surface area contributed by atoms with Gasteiger partial charge in [0.05, 0.1) is 6.20 Å². The first kappa shape index (κ1) is 9.59. The van der Waals surface area contributed by atoms with Crippen LogP contribution in [0.2, 0.25) is 0 Å². The normalized spacial score (nSPS) is 10.4. The van der Waals surface area contributed by atoms with Gasteiger partial charge in [-0.15, -0.1) is 5.10 Å². The van der Waals surface area contributed by atoms with E-state index in [1.165, 1.54) is 0 Å². The molecular weight excluding hydrogens is 216 g/mol. The van der Waals surface area contributed by atoms with Crippen LogP contribution in [0.15, 0.2) is 49.3 Å². The summed E-state index contributed by atoms with van der Waals surface area (Å²) >= 11 is 0. The van der Waals surface area contributed by atoms with Crippen LogP contribution in [0, 0.1) is 0 Å². The van der Waals surface area contributed by atoms with E-state index in [-0.39, 0.29) is 0 Å². The highest BCUT2D eigenvalue weighted by molar-refractivity contribution is 5.47. The Morgan fingerprint density at radius 1 is 0.941 bits per heavy atom. The minimum absolute atomic E-state index is 0.566. The molecule has 0 spiro atoms. The maximum absolute atomic E-state index is 4.29. The average molecular weight is 224 g/mol. The molecule has 3 rings (SSSR count). The van der Waals surface area contributed by atoms with Crippen LogP contribution in [0.5, 0.6) is 0 Å². The first-order valence-electron chi connectivity index (χ1n) is 5.03. The van der Waals surface area contributed by atoms with E-state index in [1.54, 1.807) is 35.8 Å². The fourth-order valence-corrected chi connectivity index (χ4v) is 1.40. The molecule has 0 amide bonds. The zero-order valence-corrected chi connectivity index (χ0v) is 8.80. The molecule has 3 heterocycles. The van der Waals surface area contributed by atoms with Crippen molar-refractivity contribution in [1.82, 2.24) is 29.7 Å². The van der Waals surface area contributed by atoms with Crippen LogP contribution < -0.4 is 0 Å². The van der Waals surface area contributed by atoms with Gasteiger partial charge in [-0.3, -0.25) is 9.97 Å². The highest BCUT2D eigenvalue weighted by atomic mass is 15.4. The van der Waals surface area contributed by atoms with Crippen LogP contribution in [0.1, 0.15) is 0 Å². The molecule has 0 aliphatic carbocycles. The molecule has 0 radical (unpaired) electrons. The van der Waals surface area contributed by atoms with Crippen molar-refractivity contribution in [3.8, 4) is 17.3 Å². The van der Waals surface area contributed by atoms with Gasteiger partial charge >= 0.3 is 0 Å². The Morgan fingerprint density at radius 3 is 2.71 bits per heavy atom. The first-order chi connectivity index (χ1) is 8.43. The molecule has 0 fully saturated rings. The second kappa shape index (κ2) is 4.09. The van der Waals surface area contributed by atoms with Crippen molar-refractivity contribution in [3.63, 3.8) is 0 Å². The Kier molecular flexibility index (Phi) is 2.31. The molecule has 0 aliphatic rings. The molecule has 0 unspecified atom stereocenters. The molecule has 82 valence electrons. The first-order valence-corrected chi connectivity index (χ1v) is 5.03. The van der Waals surface area contributed by atoms with E-state index in [1.807, 2.05) is 18.2 Å². The lowest BCUT2D eigenvalue weighted by atomic mass is 10.3. The molecule has 0 saturated carbocycles. The summed E-state index contributed by atoms with van der Waals surface area (Å²) in [6.45, 7) is 0. The van der Waals surface area contributed by atoms with E-state index in [4.69, 9.17) is 0 Å². The minimum atomic E-state index is 0.566. The topological polar surface area (TPSA) is 69.4 Å². The lowest BCUT2D eigenvalue weighted by molar-refractivity contribution is 0.837. The predicted octanol–water partition coefficient (Wildman–Crippen LogP) is 1.12. The van der Waals surface area contributed by atoms with Crippen molar-refractivity contribution in [2.45, 2.75) is 0 Å². The largest absolute Gasteiger partial charge is 0.259 e. The lowest BCUT2D eigenvalue weighted by Crippen LogP contribution is -1.98. The summed E-state index contributed by atoms with van der Waals surface area (Å²) in [7, 11) is 0. The summed E-state index contributed by atoms with van der Waals surface area (Å²) in [5.74, 6) is 1.19. The van der Waals surface area contributed by atoms with E-state index in [9.17, 15) is 0 Å². The van der Waals surface area contributed by atoms with Crippen LogP contribution >= 0.6 is 0 Å². The van der Waals surface area contributed by atoms with Crippen molar-refractivity contribution < 1.29 is 0 Å². The van der Waals surface area contributed by atoms with E-state index in [0.717, 1.165) is 5.69 Å². The van der Waals surface area contributed by atoms with Crippen LogP contribution in [0.3, 0.4) is 0 Å². The molecular formula is C11H8N6. The van der Waals surface area contributed by atoms with Crippen molar-refractivity contribution >= 4 is 0 Å². The molecule has 0 atom stereocenters. The molecule has 3 aromatic heterocycles. The number of hydrogen-bond donors (Lipinski definition) is 0.